The lowest BCUT2D eigenvalue weighted by molar-refractivity contribution is 0.0244. The molecular formula is C39H44ClN3O5. The van der Waals surface area contributed by atoms with Crippen LogP contribution in [0.3, 0.4) is 0 Å². The Hall–Kier alpha value is -4.53. The molecule has 4 aromatic rings. The van der Waals surface area contributed by atoms with Gasteiger partial charge in [0.15, 0.2) is 0 Å². The third-order valence-corrected chi connectivity index (χ3v) is 8.48. The minimum Gasteiger partial charge on any atom is -0.465 e. The van der Waals surface area contributed by atoms with Crippen LogP contribution in [-0.2, 0) is 22.6 Å². The Morgan fingerprint density at radius 2 is 1.56 bits per heavy atom. The van der Waals surface area contributed by atoms with Crippen LogP contribution in [0, 0.1) is 0 Å². The number of benzene rings is 4. The van der Waals surface area contributed by atoms with Gasteiger partial charge in [-0.05, 0) is 86.3 Å². The molecule has 1 saturated heterocycles. The van der Waals surface area contributed by atoms with Gasteiger partial charge in [0.25, 0.3) is 0 Å². The first-order chi connectivity index (χ1) is 23.0. The van der Waals surface area contributed by atoms with Gasteiger partial charge in [-0.1, -0.05) is 60.1 Å². The highest BCUT2D eigenvalue weighted by Crippen LogP contribution is 2.32. The first kappa shape index (κ1) is 34.8. The summed E-state index contributed by atoms with van der Waals surface area (Å²) in [7, 11) is 1.36. The topological polar surface area (TPSA) is 71.5 Å². The Balaban J connectivity index is 1.25. The minimum atomic E-state index is -0.563. The maximum Gasteiger partial charge on any atom is 0.410 e. The molecule has 0 spiro atoms. The van der Waals surface area contributed by atoms with Crippen molar-refractivity contribution in [2.24, 2.45) is 0 Å². The van der Waals surface area contributed by atoms with Crippen molar-refractivity contribution in [3.63, 3.8) is 0 Å². The molecule has 8 nitrogen and oxygen atoms in total. The molecule has 0 saturated carbocycles. The summed E-state index contributed by atoms with van der Waals surface area (Å²) < 4.78 is 16.9. The smallest absolute Gasteiger partial charge is 0.410 e. The fraction of sp³-hybridized carbons (Fsp3) is 0.333. The highest BCUT2D eigenvalue weighted by molar-refractivity contribution is 6.30. The summed E-state index contributed by atoms with van der Waals surface area (Å²) >= 11 is 6.13. The first-order valence-electron chi connectivity index (χ1n) is 16.3. The van der Waals surface area contributed by atoms with Crippen molar-refractivity contribution < 1.29 is 23.8 Å². The third kappa shape index (κ3) is 9.08. The van der Waals surface area contributed by atoms with E-state index in [4.69, 9.17) is 25.8 Å². The molecule has 0 N–H and O–H groups in total. The van der Waals surface area contributed by atoms with Crippen molar-refractivity contribution in [2.75, 3.05) is 44.7 Å². The molecule has 0 aliphatic carbocycles. The second-order valence-electron chi connectivity index (χ2n) is 12.8. The quantitative estimate of drug-likeness (QED) is 0.157. The zero-order chi connectivity index (χ0) is 34.3. The molecule has 0 radical (unpaired) electrons. The van der Waals surface area contributed by atoms with E-state index in [-0.39, 0.29) is 6.09 Å². The number of nitrogens with zero attached hydrogens (tertiary/aromatic N) is 3. The number of piperazine rings is 1. The standard InChI is InChI=1S/C39H44ClN3O5/c1-6-42(38(45)48-39(2,3)4)26-28-11-18-33(19-12-28)47-36-25-32(17-20-35(36)37(44)46-5)43-23-21-41(22-24-43)27-30-9-7-8-10-34(30)29-13-15-31(40)16-14-29/h7-20,25H,6,21-24,26-27H2,1-5H3. The predicted octanol–water partition coefficient (Wildman–Crippen LogP) is 8.67. The van der Waals surface area contributed by atoms with E-state index in [0.29, 0.717) is 30.2 Å². The zero-order valence-corrected chi connectivity index (χ0v) is 29.1. The zero-order valence-electron chi connectivity index (χ0n) is 28.4. The lowest BCUT2D eigenvalue weighted by Crippen LogP contribution is -2.46. The van der Waals surface area contributed by atoms with Gasteiger partial charge in [-0.2, -0.15) is 0 Å². The van der Waals surface area contributed by atoms with E-state index in [9.17, 15) is 9.59 Å². The summed E-state index contributed by atoms with van der Waals surface area (Å²) in [5, 5.41) is 0.731. The number of esters is 1. The second-order valence-corrected chi connectivity index (χ2v) is 13.3. The van der Waals surface area contributed by atoms with Gasteiger partial charge >= 0.3 is 12.1 Å². The molecule has 1 heterocycles. The van der Waals surface area contributed by atoms with E-state index < -0.39 is 11.6 Å². The number of methoxy groups -OCH3 is 1. The fourth-order valence-corrected chi connectivity index (χ4v) is 5.81. The molecule has 1 aliphatic rings. The van der Waals surface area contributed by atoms with Crippen LogP contribution in [0.4, 0.5) is 10.5 Å². The number of halogens is 1. The number of carbonyl (C=O) groups excluding carboxylic acids is 2. The van der Waals surface area contributed by atoms with E-state index in [1.165, 1.54) is 18.2 Å². The Labute approximate surface area is 288 Å². The molecule has 9 heteroatoms. The van der Waals surface area contributed by atoms with Crippen LogP contribution in [0.15, 0.2) is 91.0 Å². The van der Waals surface area contributed by atoms with Crippen molar-refractivity contribution >= 4 is 29.4 Å². The van der Waals surface area contributed by atoms with Crippen molar-refractivity contribution in [3.8, 4) is 22.6 Å². The van der Waals surface area contributed by atoms with Gasteiger partial charge in [-0.25, -0.2) is 9.59 Å². The summed E-state index contributed by atoms with van der Waals surface area (Å²) in [6.07, 6.45) is -0.353. The molecular weight excluding hydrogens is 626 g/mol. The van der Waals surface area contributed by atoms with Crippen molar-refractivity contribution in [1.82, 2.24) is 9.80 Å². The van der Waals surface area contributed by atoms with E-state index in [1.807, 2.05) is 76.2 Å². The Bertz CT molecular complexity index is 1690. The van der Waals surface area contributed by atoms with Crippen molar-refractivity contribution in [3.05, 3.63) is 113 Å². The molecule has 0 bridgehead atoms. The van der Waals surface area contributed by atoms with Gasteiger partial charge in [0, 0.05) is 62.6 Å². The Morgan fingerprint density at radius 1 is 0.875 bits per heavy atom. The van der Waals surface area contributed by atoms with Gasteiger partial charge in [-0.3, -0.25) is 4.90 Å². The molecule has 0 aromatic heterocycles. The van der Waals surface area contributed by atoms with Crippen LogP contribution in [0.25, 0.3) is 11.1 Å². The number of amides is 1. The maximum absolute atomic E-state index is 12.7. The molecule has 0 unspecified atom stereocenters. The van der Waals surface area contributed by atoms with Gasteiger partial charge < -0.3 is 24.0 Å². The Kier molecular flexibility index (Phi) is 11.3. The predicted molar refractivity (Wildman–Crippen MR) is 191 cm³/mol. The monoisotopic (exact) mass is 669 g/mol. The normalized spacial score (nSPS) is 13.6. The average Bonchev–Trinajstić information content (AvgIpc) is 3.08. The summed E-state index contributed by atoms with van der Waals surface area (Å²) in [6, 6.07) is 29.6. The van der Waals surface area contributed by atoms with Crippen LogP contribution in [-0.4, -0.2) is 67.3 Å². The van der Waals surface area contributed by atoms with Gasteiger partial charge in [0.2, 0.25) is 0 Å². The molecule has 4 aromatic carbocycles. The number of hydrogen-bond donors (Lipinski definition) is 0. The lowest BCUT2D eigenvalue weighted by atomic mass is 9.99. The highest BCUT2D eigenvalue weighted by Gasteiger charge is 2.23. The summed E-state index contributed by atoms with van der Waals surface area (Å²) in [4.78, 5) is 31.7. The maximum atomic E-state index is 12.7. The van der Waals surface area contributed by atoms with Crippen LogP contribution in [0.2, 0.25) is 5.02 Å². The highest BCUT2D eigenvalue weighted by atomic mass is 35.5. The van der Waals surface area contributed by atoms with E-state index in [0.717, 1.165) is 54.6 Å². The molecule has 1 amide bonds. The molecule has 252 valence electrons. The van der Waals surface area contributed by atoms with Crippen LogP contribution in [0.1, 0.15) is 49.2 Å². The van der Waals surface area contributed by atoms with Crippen LogP contribution >= 0.6 is 11.6 Å². The number of anilines is 1. The molecule has 0 atom stereocenters. The molecule has 1 aliphatic heterocycles. The summed E-state index contributed by atoms with van der Waals surface area (Å²) in [5.41, 5.74) is 5.36. The van der Waals surface area contributed by atoms with E-state index in [1.54, 1.807) is 11.0 Å². The van der Waals surface area contributed by atoms with Crippen molar-refractivity contribution in [1.29, 1.82) is 0 Å². The molecule has 1 fully saturated rings. The number of rotatable bonds is 10. The average molecular weight is 670 g/mol. The molecule has 48 heavy (non-hydrogen) atoms. The number of ether oxygens (including phenoxy) is 3. The van der Waals surface area contributed by atoms with E-state index in [2.05, 4.69) is 46.2 Å². The lowest BCUT2D eigenvalue weighted by Gasteiger charge is -2.36. The van der Waals surface area contributed by atoms with E-state index >= 15 is 0 Å². The fourth-order valence-electron chi connectivity index (χ4n) is 5.69. The number of hydrogen-bond acceptors (Lipinski definition) is 7. The van der Waals surface area contributed by atoms with Crippen molar-refractivity contribution in [2.45, 2.75) is 46.4 Å². The number of carbonyl (C=O) groups is 2. The largest absolute Gasteiger partial charge is 0.465 e. The minimum absolute atomic E-state index is 0.352. The van der Waals surface area contributed by atoms with Crippen LogP contribution in [0.5, 0.6) is 11.5 Å². The first-order valence-corrected chi connectivity index (χ1v) is 16.7. The third-order valence-electron chi connectivity index (χ3n) is 8.23. The van der Waals surface area contributed by atoms with Crippen LogP contribution < -0.4 is 9.64 Å². The second kappa shape index (κ2) is 15.6. The summed E-state index contributed by atoms with van der Waals surface area (Å²) in [6.45, 7) is 12.7. The Morgan fingerprint density at radius 3 is 2.21 bits per heavy atom. The molecule has 5 rings (SSSR count). The van der Waals surface area contributed by atoms with Gasteiger partial charge in [0.1, 0.15) is 22.7 Å². The van der Waals surface area contributed by atoms with Gasteiger partial charge in [-0.15, -0.1) is 0 Å². The van der Waals surface area contributed by atoms with Gasteiger partial charge in [0.05, 0.1) is 7.11 Å². The summed E-state index contributed by atoms with van der Waals surface area (Å²) in [5.74, 6) is 0.536. The SMILES string of the molecule is CCN(Cc1ccc(Oc2cc(N3CCN(Cc4ccccc4-c4ccc(Cl)cc4)CC3)ccc2C(=O)OC)cc1)C(=O)OC(C)(C)C.